The van der Waals surface area contributed by atoms with Crippen molar-refractivity contribution in [3.8, 4) is 6.07 Å². The van der Waals surface area contributed by atoms with Crippen molar-refractivity contribution in [3.63, 3.8) is 0 Å². The summed E-state index contributed by atoms with van der Waals surface area (Å²) in [5, 5.41) is 9.00. The third kappa shape index (κ3) is 3.62. The van der Waals surface area contributed by atoms with E-state index in [1.807, 2.05) is 33.0 Å². The maximum atomic E-state index is 9.00. The van der Waals surface area contributed by atoms with Crippen LogP contribution >= 0.6 is 15.9 Å². The van der Waals surface area contributed by atoms with E-state index in [-0.39, 0.29) is 0 Å². The van der Waals surface area contributed by atoms with Crippen molar-refractivity contribution in [1.82, 2.24) is 4.90 Å². The number of hydrogen-bond acceptors (Lipinski definition) is 2. The summed E-state index contributed by atoms with van der Waals surface area (Å²) < 4.78 is 1.10. The number of rotatable bonds is 4. The molecular weight excluding hydrogens is 264 g/mol. The van der Waals surface area contributed by atoms with Crippen LogP contribution in [0.4, 0.5) is 0 Å². The van der Waals surface area contributed by atoms with Gasteiger partial charge in [0.2, 0.25) is 0 Å². The molecule has 0 heterocycles. The molecule has 16 heavy (non-hydrogen) atoms. The number of nitriles is 1. The van der Waals surface area contributed by atoms with Crippen LogP contribution < -0.4 is 0 Å². The second-order valence-corrected chi connectivity index (χ2v) is 5.38. The smallest absolute Gasteiger partial charge is 0.103 e. The first-order chi connectivity index (χ1) is 7.45. The normalized spacial score (nSPS) is 11.5. The zero-order valence-electron chi connectivity index (χ0n) is 10.00. The molecule has 0 spiro atoms. The Morgan fingerprint density at radius 2 is 1.88 bits per heavy atom. The molecule has 0 fully saturated rings. The van der Waals surface area contributed by atoms with Gasteiger partial charge in [0.1, 0.15) is 5.54 Å². The summed E-state index contributed by atoms with van der Waals surface area (Å²) in [7, 11) is 1.99. The Kier molecular flexibility index (Phi) is 4.52. The zero-order valence-corrected chi connectivity index (χ0v) is 11.6. The number of benzene rings is 1. The van der Waals surface area contributed by atoms with E-state index in [9.17, 15) is 0 Å². The van der Waals surface area contributed by atoms with Crippen LogP contribution in [0, 0.1) is 11.3 Å². The first-order valence-corrected chi connectivity index (χ1v) is 6.12. The topological polar surface area (TPSA) is 27.0 Å². The average Bonchev–Trinajstić information content (AvgIpc) is 2.28. The Labute approximate surface area is 106 Å². The largest absolute Gasteiger partial charge is 0.289 e. The maximum absolute atomic E-state index is 9.00. The van der Waals surface area contributed by atoms with E-state index in [0.29, 0.717) is 0 Å². The van der Waals surface area contributed by atoms with Gasteiger partial charge in [0, 0.05) is 11.0 Å². The third-order valence-electron chi connectivity index (χ3n) is 2.88. The molecule has 0 bridgehead atoms. The highest BCUT2D eigenvalue weighted by Crippen LogP contribution is 2.14. The van der Waals surface area contributed by atoms with Gasteiger partial charge < -0.3 is 0 Å². The van der Waals surface area contributed by atoms with Crippen molar-refractivity contribution < 1.29 is 0 Å². The zero-order chi connectivity index (χ0) is 12.2. The molecule has 0 saturated carbocycles. The minimum Gasteiger partial charge on any atom is -0.289 e. The van der Waals surface area contributed by atoms with E-state index in [2.05, 4.69) is 39.0 Å². The summed E-state index contributed by atoms with van der Waals surface area (Å²) in [6.07, 6.45) is 0.967. The van der Waals surface area contributed by atoms with Gasteiger partial charge in [-0.3, -0.25) is 4.90 Å². The molecular formula is C13H17BrN2. The molecule has 2 nitrogen and oxygen atoms in total. The average molecular weight is 281 g/mol. The molecule has 0 aliphatic heterocycles. The van der Waals surface area contributed by atoms with E-state index in [0.717, 1.165) is 17.4 Å². The molecule has 0 aliphatic carbocycles. The molecule has 0 amide bonds. The highest BCUT2D eigenvalue weighted by atomic mass is 79.9. The van der Waals surface area contributed by atoms with Gasteiger partial charge in [-0.25, -0.2) is 0 Å². The Balaban J connectivity index is 2.53. The van der Waals surface area contributed by atoms with E-state index in [4.69, 9.17) is 5.26 Å². The molecule has 0 unspecified atom stereocenters. The van der Waals surface area contributed by atoms with Gasteiger partial charge in [0.25, 0.3) is 0 Å². The van der Waals surface area contributed by atoms with E-state index < -0.39 is 5.54 Å². The van der Waals surface area contributed by atoms with Crippen LogP contribution in [0.15, 0.2) is 28.7 Å². The molecule has 0 aromatic heterocycles. The Morgan fingerprint density at radius 1 is 1.31 bits per heavy atom. The molecule has 3 heteroatoms. The number of likely N-dealkylation sites (N-methyl/N-ethyl adjacent to an activating group) is 1. The van der Waals surface area contributed by atoms with Crippen molar-refractivity contribution in [1.29, 1.82) is 5.26 Å². The Bertz CT molecular complexity index is 376. The third-order valence-corrected chi connectivity index (χ3v) is 3.41. The summed E-state index contributed by atoms with van der Waals surface area (Å²) in [5.74, 6) is 0. The first kappa shape index (κ1) is 13.2. The monoisotopic (exact) mass is 280 g/mol. The maximum Gasteiger partial charge on any atom is 0.103 e. The van der Waals surface area contributed by atoms with Gasteiger partial charge in [0.15, 0.2) is 0 Å². The van der Waals surface area contributed by atoms with Crippen LogP contribution in [0.1, 0.15) is 19.4 Å². The van der Waals surface area contributed by atoms with Crippen molar-refractivity contribution >= 4 is 15.9 Å². The summed E-state index contributed by atoms with van der Waals surface area (Å²) in [6.45, 7) is 4.77. The van der Waals surface area contributed by atoms with E-state index in [1.165, 1.54) is 5.56 Å². The van der Waals surface area contributed by atoms with Gasteiger partial charge in [-0.1, -0.05) is 28.1 Å². The van der Waals surface area contributed by atoms with Crippen LogP contribution in [-0.4, -0.2) is 24.0 Å². The molecule has 1 rings (SSSR count). The molecule has 1 aromatic rings. The minimum absolute atomic E-state index is 0.393. The molecule has 1 aromatic carbocycles. The molecule has 0 N–H and O–H groups in total. The van der Waals surface area contributed by atoms with Crippen LogP contribution in [-0.2, 0) is 6.42 Å². The molecule has 0 atom stereocenters. The SMILES string of the molecule is CN(CCc1ccc(Br)cc1)C(C)(C)C#N. The lowest BCUT2D eigenvalue weighted by molar-refractivity contribution is 0.214. The lowest BCUT2D eigenvalue weighted by atomic mass is 10.0. The molecule has 0 saturated heterocycles. The van der Waals surface area contributed by atoms with Crippen molar-refractivity contribution in [2.24, 2.45) is 0 Å². The molecule has 86 valence electrons. The summed E-state index contributed by atoms with van der Waals surface area (Å²) in [5.41, 5.74) is 0.902. The standard InChI is InChI=1S/C13H17BrN2/c1-13(2,10-15)16(3)9-8-11-4-6-12(14)7-5-11/h4-7H,8-9H2,1-3H3. The fourth-order valence-electron chi connectivity index (χ4n) is 1.31. The minimum atomic E-state index is -0.393. The fourth-order valence-corrected chi connectivity index (χ4v) is 1.58. The predicted molar refractivity (Wildman–Crippen MR) is 70.2 cm³/mol. The van der Waals surface area contributed by atoms with Gasteiger partial charge in [-0.15, -0.1) is 0 Å². The van der Waals surface area contributed by atoms with Crippen LogP contribution in [0.2, 0.25) is 0 Å². The van der Waals surface area contributed by atoms with Gasteiger partial charge >= 0.3 is 0 Å². The predicted octanol–water partition coefficient (Wildman–Crippen LogP) is 3.23. The molecule has 0 radical (unpaired) electrons. The summed E-state index contributed by atoms with van der Waals surface area (Å²) in [6, 6.07) is 10.6. The van der Waals surface area contributed by atoms with Crippen molar-refractivity contribution in [2.45, 2.75) is 25.8 Å². The summed E-state index contributed by atoms with van der Waals surface area (Å²) >= 11 is 3.41. The highest BCUT2D eigenvalue weighted by molar-refractivity contribution is 9.10. The summed E-state index contributed by atoms with van der Waals surface area (Å²) in [4.78, 5) is 2.08. The van der Waals surface area contributed by atoms with Crippen LogP contribution in [0.25, 0.3) is 0 Å². The Hall–Kier alpha value is -0.850. The fraction of sp³-hybridized carbons (Fsp3) is 0.462. The van der Waals surface area contributed by atoms with Gasteiger partial charge in [-0.2, -0.15) is 5.26 Å². The van der Waals surface area contributed by atoms with Gasteiger partial charge in [-0.05, 0) is 45.0 Å². The van der Waals surface area contributed by atoms with E-state index in [1.54, 1.807) is 0 Å². The van der Waals surface area contributed by atoms with Gasteiger partial charge in [0.05, 0.1) is 6.07 Å². The quantitative estimate of drug-likeness (QED) is 0.847. The number of hydrogen-bond donors (Lipinski definition) is 0. The Morgan fingerprint density at radius 3 is 2.38 bits per heavy atom. The number of nitrogens with zero attached hydrogens (tertiary/aromatic N) is 2. The lowest BCUT2D eigenvalue weighted by Crippen LogP contribution is -2.40. The molecule has 0 aliphatic rings. The van der Waals surface area contributed by atoms with Crippen LogP contribution in [0.3, 0.4) is 0 Å². The van der Waals surface area contributed by atoms with Crippen molar-refractivity contribution in [3.05, 3.63) is 34.3 Å². The highest BCUT2D eigenvalue weighted by Gasteiger charge is 2.21. The lowest BCUT2D eigenvalue weighted by Gasteiger charge is -2.28. The first-order valence-electron chi connectivity index (χ1n) is 5.32. The van der Waals surface area contributed by atoms with Crippen LogP contribution in [0.5, 0.6) is 0 Å². The van der Waals surface area contributed by atoms with Crippen molar-refractivity contribution in [2.75, 3.05) is 13.6 Å². The second-order valence-electron chi connectivity index (χ2n) is 4.47. The second kappa shape index (κ2) is 5.47. The number of halogens is 1. The van der Waals surface area contributed by atoms with E-state index >= 15 is 0 Å².